The molecule has 2 N–H and O–H groups in total. The molecule has 0 aromatic carbocycles. The summed E-state index contributed by atoms with van der Waals surface area (Å²) in [6.07, 6.45) is 1.61. The second kappa shape index (κ2) is 3.01. The van der Waals surface area contributed by atoms with Gasteiger partial charge in [-0.2, -0.15) is 0 Å². The summed E-state index contributed by atoms with van der Waals surface area (Å²) in [6, 6.07) is 4.77. The number of nitrogens with zero attached hydrogens (tertiary/aromatic N) is 2. The Hall–Kier alpha value is -1.58. The van der Waals surface area contributed by atoms with Crippen LogP contribution in [0.3, 0.4) is 0 Å². The number of rotatable bonds is 1. The van der Waals surface area contributed by atoms with E-state index in [0.717, 1.165) is 0 Å². The predicted octanol–water partition coefficient (Wildman–Crippen LogP) is 0.597. The van der Waals surface area contributed by atoms with E-state index >= 15 is 0 Å². The molecule has 0 aliphatic carbocycles. The van der Waals surface area contributed by atoms with Crippen LogP contribution in [0.1, 0.15) is 0 Å². The molecule has 4 heteroatoms. The van der Waals surface area contributed by atoms with Crippen LogP contribution in [0.15, 0.2) is 24.4 Å². The van der Waals surface area contributed by atoms with Gasteiger partial charge >= 0.3 is 6.03 Å². The van der Waals surface area contributed by atoms with E-state index in [1.54, 1.807) is 31.4 Å². The van der Waals surface area contributed by atoms with Gasteiger partial charge in [-0.3, -0.25) is 4.90 Å². The van der Waals surface area contributed by atoms with Crippen LogP contribution in [-0.2, 0) is 0 Å². The highest BCUT2D eigenvalue weighted by Crippen LogP contribution is 2.04. The van der Waals surface area contributed by atoms with Gasteiger partial charge in [-0.25, -0.2) is 9.78 Å². The molecule has 0 fully saturated rings. The molecule has 0 aliphatic heterocycles. The molecule has 4 nitrogen and oxygen atoms in total. The molecule has 1 aromatic rings. The smallest absolute Gasteiger partial charge is 0.320 e. The van der Waals surface area contributed by atoms with Crippen molar-refractivity contribution in [1.29, 1.82) is 0 Å². The highest BCUT2D eigenvalue weighted by molar-refractivity contribution is 5.88. The van der Waals surface area contributed by atoms with Crippen LogP contribution in [-0.4, -0.2) is 18.1 Å². The van der Waals surface area contributed by atoms with Gasteiger partial charge in [-0.05, 0) is 12.1 Å². The van der Waals surface area contributed by atoms with E-state index < -0.39 is 6.03 Å². The SMILES string of the molecule is CN(C(N)=O)c1ccccn1. The Morgan fingerprint density at radius 3 is 2.82 bits per heavy atom. The fourth-order valence-corrected chi connectivity index (χ4v) is 0.665. The van der Waals surface area contributed by atoms with Crippen molar-refractivity contribution in [2.45, 2.75) is 0 Å². The number of carbonyl (C=O) groups is 1. The lowest BCUT2D eigenvalue weighted by Crippen LogP contribution is -2.32. The number of anilines is 1. The quantitative estimate of drug-likeness (QED) is 0.638. The van der Waals surface area contributed by atoms with Crippen molar-refractivity contribution in [3.8, 4) is 0 Å². The molecule has 0 atom stereocenters. The van der Waals surface area contributed by atoms with Gasteiger partial charge in [0.05, 0.1) is 0 Å². The van der Waals surface area contributed by atoms with Gasteiger partial charge < -0.3 is 5.73 Å². The Balaban J connectivity index is 2.85. The minimum absolute atomic E-state index is 0.510. The molecule has 2 amide bonds. The molecule has 1 heterocycles. The summed E-state index contributed by atoms with van der Waals surface area (Å²) in [5, 5.41) is 0. The van der Waals surface area contributed by atoms with Gasteiger partial charge in [0.25, 0.3) is 0 Å². The van der Waals surface area contributed by atoms with Crippen molar-refractivity contribution < 1.29 is 4.79 Å². The van der Waals surface area contributed by atoms with E-state index in [1.165, 1.54) is 4.90 Å². The molecule has 0 spiro atoms. The van der Waals surface area contributed by atoms with Gasteiger partial charge in [0.1, 0.15) is 5.82 Å². The van der Waals surface area contributed by atoms with Crippen LogP contribution in [0.5, 0.6) is 0 Å². The molecular formula is C7H9N3O. The van der Waals surface area contributed by atoms with E-state index in [2.05, 4.69) is 4.98 Å². The van der Waals surface area contributed by atoms with Crippen molar-refractivity contribution in [2.24, 2.45) is 5.73 Å². The van der Waals surface area contributed by atoms with Gasteiger partial charge in [0.15, 0.2) is 0 Å². The molecule has 0 aliphatic rings. The Kier molecular flexibility index (Phi) is 2.06. The monoisotopic (exact) mass is 151 g/mol. The Labute approximate surface area is 64.6 Å². The molecule has 0 saturated carbocycles. The summed E-state index contributed by atoms with van der Waals surface area (Å²) in [5.74, 6) is 0.556. The van der Waals surface area contributed by atoms with E-state index in [9.17, 15) is 4.79 Å². The third-order valence-corrected chi connectivity index (χ3v) is 1.32. The van der Waals surface area contributed by atoms with Crippen LogP contribution >= 0.6 is 0 Å². The Bertz CT molecular complexity index is 247. The molecule has 11 heavy (non-hydrogen) atoms. The van der Waals surface area contributed by atoms with Crippen LogP contribution in [0.25, 0.3) is 0 Å². The average Bonchev–Trinajstić information content (AvgIpc) is 2.05. The second-order valence-electron chi connectivity index (χ2n) is 2.09. The highest BCUT2D eigenvalue weighted by Gasteiger charge is 2.04. The lowest BCUT2D eigenvalue weighted by Gasteiger charge is -2.11. The van der Waals surface area contributed by atoms with Crippen LogP contribution in [0.4, 0.5) is 10.6 Å². The third kappa shape index (κ3) is 1.67. The first kappa shape index (κ1) is 7.53. The summed E-state index contributed by atoms with van der Waals surface area (Å²) in [5.41, 5.74) is 5.01. The third-order valence-electron chi connectivity index (χ3n) is 1.32. The van der Waals surface area contributed by atoms with E-state index in [-0.39, 0.29) is 0 Å². The van der Waals surface area contributed by atoms with E-state index in [4.69, 9.17) is 5.73 Å². The topological polar surface area (TPSA) is 59.2 Å². The van der Waals surface area contributed by atoms with Gasteiger partial charge in [-0.15, -0.1) is 0 Å². The first-order valence-electron chi connectivity index (χ1n) is 3.16. The van der Waals surface area contributed by atoms with Gasteiger partial charge in [0.2, 0.25) is 0 Å². The van der Waals surface area contributed by atoms with E-state index in [1.807, 2.05) is 0 Å². The van der Waals surface area contributed by atoms with Crippen molar-refractivity contribution in [2.75, 3.05) is 11.9 Å². The number of aromatic nitrogens is 1. The molecule has 0 unspecified atom stereocenters. The fourth-order valence-electron chi connectivity index (χ4n) is 0.665. The van der Waals surface area contributed by atoms with Crippen LogP contribution in [0, 0.1) is 0 Å². The summed E-state index contributed by atoms with van der Waals surface area (Å²) < 4.78 is 0. The first-order chi connectivity index (χ1) is 5.22. The lowest BCUT2D eigenvalue weighted by molar-refractivity contribution is 0.255. The maximum Gasteiger partial charge on any atom is 0.320 e. The van der Waals surface area contributed by atoms with Crippen LogP contribution in [0.2, 0.25) is 0 Å². The number of amides is 2. The maximum absolute atomic E-state index is 10.6. The second-order valence-corrected chi connectivity index (χ2v) is 2.09. The van der Waals surface area contributed by atoms with Gasteiger partial charge in [-0.1, -0.05) is 6.07 Å². The molecule has 1 rings (SSSR count). The van der Waals surface area contributed by atoms with Gasteiger partial charge in [0, 0.05) is 13.2 Å². The molecular weight excluding hydrogens is 142 g/mol. The number of urea groups is 1. The zero-order chi connectivity index (χ0) is 8.27. The molecule has 58 valence electrons. The number of carbonyl (C=O) groups excluding carboxylic acids is 1. The number of primary amides is 1. The number of nitrogens with two attached hydrogens (primary N) is 1. The zero-order valence-corrected chi connectivity index (χ0v) is 6.19. The van der Waals surface area contributed by atoms with Crippen LogP contribution < -0.4 is 10.6 Å². The molecule has 0 saturated heterocycles. The molecule has 0 radical (unpaired) electrons. The average molecular weight is 151 g/mol. The summed E-state index contributed by atoms with van der Waals surface area (Å²) in [6.45, 7) is 0. The standard InChI is InChI=1S/C7H9N3O/c1-10(7(8)11)6-4-2-3-5-9-6/h2-5H,1H3,(H2,8,11). The number of hydrogen-bond acceptors (Lipinski definition) is 2. The Morgan fingerprint density at radius 1 is 1.64 bits per heavy atom. The van der Waals surface area contributed by atoms with Crippen molar-refractivity contribution >= 4 is 11.8 Å². The molecule has 1 aromatic heterocycles. The zero-order valence-electron chi connectivity index (χ0n) is 6.19. The van der Waals surface area contributed by atoms with Crippen molar-refractivity contribution in [3.63, 3.8) is 0 Å². The Morgan fingerprint density at radius 2 is 2.36 bits per heavy atom. The summed E-state index contributed by atoms with van der Waals surface area (Å²) >= 11 is 0. The first-order valence-corrected chi connectivity index (χ1v) is 3.16. The predicted molar refractivity (Wildman–Crippen MR) is 42.2 cm³/mol. The minimum Gasteiger partial charge on any atom is -0.351 e. The lowest BCUT2D eigenvalue weighted by atomic mass is 10.4. The minimum atomic E-state index is -0.510. The summed E-state index contributed by atoms with van der Waals surface area (Å²) in [7, 11) is 1.57. The molecule has 0 bridgehead atoms. The van der Waals surface area contributed by atoms with Crippen molar-refractivity contribution in [3.05, 3.63) is 24.4 Å². The number of hydrogen-bond donors (Lipinski definition) is 1. The highest BCUT2D eigenvalue weighted by atomic mass is 16.2. The van der Waals surface area contributed by atoms with Crippen molar-refractivity contribution in [1.82, 2.24) is 4.98 Å². The normalized spacial score (nSPS) is 9.18. The van der Waals surface area contributed by atoms with E-state index in [0.29, 0.717) is 5.82 Å². The maximum atomic E-state index is 10.6. The summed E-state index contributed by atoms with van der Waals surface area (Å²) in [4.78, 5) is 15.8. The largest absolute Gasteiger partial charge is 0.351 e. The fraction of sp³-hybridized carbons (Fsp3) is 0.143. The number of pyridine rings is 1.